The number of amides is 1. The quantitative estimate of drug-likeness (QED) is 0.371. The molecule has 0 saturated heterocycles. The second-order valence-corrected chi connectivity index (χ2v) is 4.03. The van der Waals surface area contributed by atoms with Crippen LogP contribution in [0.2, 0.25) is 0 Å². The third kappa shape index (κ3) is 4.55. The second-order valence-electron chi connectivity index (χ2n) is 4.03. The van der Waals surface area contributed by atoms with Crippen LogP contribution in [0.5, 0.6) is 0 Å². The smallest absolute Gasteiger partial charge is 0.292 e. The summed E-state index contributed by atoms with van der Waals surface area (Å²) in [5, 5.41) is 17.0. The molecule has 19 heavy (non-hydrogen) atoms. The third-order valence-electron chi connectivity index (χ3n) is 2.52. The number of carbonyl (C=O) groups is 1. The Morgan fingerprint density at radius 2 is 2.11 bits per heavy atom. The van der Waals surface area contributed by atoms with Gasteiger partial charge in [0.05, 0.1) is 4.92 Å². The number of anilines is 1. The Morgan fingerprint density at radius 3 is 2.68 bits per heavy atom. The summed E-state index contributed by atoms with van der Waals surface area (Å²) in [5.74, 6) is -0.609. The summed E-state index contributed by atoms with van der Waals surface area (Å²) in [6, 6.07) is 4.03. The van der Waals surface area contributed by atoms with Crippen molar-refractivity contribution in [2.24, 2.45) is 5.73 Å². The van der Waals surface area contributed by atoms with Crippen molar-refractivity contribution in [1.82, 2.24) is 5.32 Å². The van der Waals surface area contributed by atoms with Crippen molar-refractivity contribution in [2.75, 3.05) is 25.0 Å². The number of nitrogens with two attached hydrogens (primary N) is 1. The maximum absolute atomic E-state index is 11.1. The van der Waals surface area contributed by atoms with Gasteiger partial charge in [0.25, 0.3) is 5.69 Å². The summed E-state index contributed by atoms with van der Waals surface area (Å²) in [4.78, 5) is 21.4. The average molecular weight is 266 g/mol. The van der Waals surface area contributed by atoms with Gasteiger partial charge in [0.15, 0.2) is 0 Å². The van der Waals surface area contributed by atoms with E-state index in [2.05, 4.69) is 17.6 Å². The summed E-state index contributed by atoms with van der Waals surface area (Å²) in [7, 11) is 0. The Balaban J connectivity index is 2.74. The number of hydrogen-bond acceptors (Lipinski definition) is 5. The minimum atomic E-state index is -0.609. The zero-order valence-corrected chi connectivity index (χ0v) is 10.8. The van der Waals surface area contributed by atoms with Gasteiger partial charge in [-0.15, -0.1) is 0 Å². The van der Waals surface area contributed by atoms with Crippen molar-refractivity contribution in [2.45, 2.75) is 13.3 Å². The van der Waals surface area contributed by atoms with Crippen LogP contribution in [0.15, 0.2) is 18.2 Å². The molecule has 0 aliphatic heterocycles. The van der Waals surface area contributed by atoms with Gasteiger partial charge in [-0.3, -0.25) is 14.9 Å². The van der Waals surface area contributed by atoms with E-state index in [1.54, 1.807) is 0 Å². The predicted octanol–water partition coefficient (Wildman–Crippen LogP) is 1.11. The van der Waals surface area contributed by atoms with Gasteiger partial charge in [0, 0.05) is 24.7 Å². The summed E-state index contributed by atoms with van der Waals surface area (Å²) in [6.45, 7) is 4.17. The normalized spacial score (nSPS) is 10.2. The van der Waals surface area contributed by atoms with Gasteiger partial charge < -0.3 is 16.4 Å². The lowest BCUT2D eigenvalue weighted by molar-refractivity contribution is -0.384. The van der Waals surface area contributed by atoms with Crippen LogP contribution in [0, 0.1) is 10.1 Å². The molecule has 1 aromatic carbocycles. The first-order valence-corrected chi connectivity index (χ1v) is 6.09. The first-order valence-electron chi connectivity index (χ1n) is 6.09. The molecule has 0 unspecified atom stereocenters. The van der Waals surface area contributed by atoms with Crippen LogP contribution < -0.4 is 16.4 Å². The van der Waals surface area contributed by atoms with Crippen LogP contribution in [-0.4, -0.2) is 30.5 Å². The molecule has 1 rings (SSSR count). The lowest BCUT2D eigenvalue weighted by Crippen LogP contribution is -2.23. The Hall–Kier alpha value is -2.15. The highest BCUT2D eigenvalue weighted by molar-refractivity contribution is 5.94. The van der Waals surface area contributed by atoms with Crippen molar-refractivity contribution in [1.29, 1.82) is 0 Å². The molecule has 4 N–H and O–H groups in total. The van der Waals surface area contributed by atoms with Crippen molar-refractivity contribution in [3.05, 3.63) is 33.9 Å². The number of hydrogen-bond donors (Lipinski definition) is 3. The van der Waals surface area contributed by atoms with Crippen molar-refractivity contribution in [3.8, 4) is 0 Å². The standard InChI is InChI=1S/C12H18N4O3/c1-2-5-14-6-7-15-10-8-9(12(13)17)3-4-11(10)16(18)19/h3-4,8,14-15H,2,5-7H2,1H3,(H2,13,17). The fraction of sp³-hybridized carbons (Fsp3) is 0.417. The van der Waals surface area contributed by atoms with E-state index in [1.165, 1.54) is 18.2 Å². The number of nitrogens with zero attached hydrogens (tertiary/aromatic N) is 1. The largest absolute Gasteiger partial charge is 0.378 e. The third-order valence-corrected chi connectivity index (χ3v) is 2.52. The summed E-state index contributed by atoms with van der Waals surface area (Å²) >= 11 is 0. The van der Waals surface area contributed by atoms with Crippen molar-refractivity contribution < 1.29 is 9.72 Å². The van der Waals surface area contributed by atoms with E-state index in [0.717, 1.165) is 13.0 Å². The van der Waals surface area contributed by atoms with E-state index in [4.69, 9.17) is 5.73 Å². The van der Waals surface area contributed by atoms with E-state index in [9.17, 15) is 14.9 Å². The van der Waals surface area contributed by atoms with Crippen LogP contribution in [0.25, 0.3) is 0 Å². The molecule has 0 heterocycles. The molecule has 0 aliphatic rings. The van der Waals surface area contributed by atoms with Gasteiger partial charge in [0.1, 0.15) is 5.69 Å². The molecule has 0 saturated carbocycles. The minimum absolute atomic E-state index is 0.0690. The molecule has 0 spiro atoms. The number of primary amides is 1. The fourth-order valence-electron chi connectivity index (χ4n) is 1.58. The highest BCUT2D eigenvalue weighted by Gasteiger charge is 2.15. The van der Waals surface area contributed by atoms with Gasteiger partial charge in [-0.2, -0.15) is 0 Å². The highest BCUT2D eigenvalue weighted by Crippen LogP contribution is 2.25. The molecule has 1 aromatic rings. The van der Waals surface area contributed by atoms with Gasteiger partial charge >= 0.3 is 0 Å². The molecule has 7 heteroatoms. The number of benzene rings is 1. The molecule has 0 aromatic heterocycles. The molecule has 0 fully saturated rings. The van der Waals surface area contributed by atoms with E-state index in [0.29, 0.717) is 18.8 Å². The highest BCUT2D eigenvalue weighted by atomic mass is 16.6. The minimum Gasteiger partial charge on any atom is -0.378 e. The second kappa shape index (κ2) is 7.32. The molecule has 0 aliphatic carbocycles. The Labute approximate surface area is 111 Å². The van der Waals surface area contributed by atoms with E-state index < -0.39 is 10.8 Å². The number of rotatable bonds is 8. The molecule has 0 radical (unpaired) electrons. The van der Waals surface area contributed by atoms with Crippen LogP contribution in [0.1, 0.15) is 23.7 Å². The molecule has 0 bridgehead atoms. The predicted molar refractivity (Wildman–Crippen MR) is 73.3 cm³/mol. The number of nitro benzene ring substituents is 1. The average Bonchev–Trinajstić information content (AvgIpc) is 2.38. The number of nitro groups is 1. The molecular formula is C12H18N4O3. The summed E-state index contributed by atoms with van der Waals surface area (Å²) < 4.78 is 0. The zero-order chi connectivity index (χ0) is 14.3. The van der Waals surface area contributed by atoms with Crippen LogP contribution in [0.4, 0.5) is 11.4 Å². The van der Waals surface area contributed by atoms with Gasteiger partial charge in [-0.25, -0.2) is 0 Å². The Bertz CT molecular complexity index is 462. The fourth-order valence-corrected chi connectivity index (χ4v) is 1.58. The van der Waals surface area contributed by atoms with Crippen LogP contribution in [-0.2, 0) is 0 Å². The molecule has 0 atom stereocenters. The summed E-state index contributed by atoms with van der Waals surface area (Å²) in [5.41, 5.74) is 5.64. The van der Waals surface area contributed by atoms with Crippen LogP contribution in [0.3, 0.4) is 0 Å². The van der Waals surface area contributed by atoms with E-state index in [-0.39, 0.29) is 11.3 Å². The van der Waals surface area contributed by atoms with Gasteiger partial charge in [0.2, 0.25) is 5.91 Å². The Kier molecular flexibility index (Phi) is 5.74. The first-order chi connectivity index (χ1) is 9.06. The number of nitrogens with one attached hydrogen (secondary N) is 2. The van der Waals surface area contributed by atoms with Crippen molar-refractivity contribution in [3.63, 3.8) is 0 Å². The molecule has 7 nitrogen and oxygen atoms in total. The monoisotopic (exact) mass is 266 g/mol. The zero-order valence-electron chi connectivity index (χ0n) is 10.8. The lowest BCUT2D eigenvalue weighted by atomic mass is 10.1. The molecular weight excluding hydrogens is 248 g/mol. The molecule has 1 amide bonds. The first kappa shape index (κ1) is 14.9. The maximum atomic E-state index is 11.1. The van der Waals surface area contributed by atoms with E-state index >= 15 is 0 Å². The number of carbonyl (C=O) groups excluding carboxylic acids is 1. The summed E-state index contributed by atoms with van der Waals surface area (Å²) in [6.07, 6.45) is 1.03. The maximum Gasteiger partial charge on any atom is 0.292 e. The lowest BCUT2D eigenvalue weighted by Gasteiger charge is -2.08. The van der Waals surface area contributed by atoms with Gasteiger partial charge in [-0.1, -0.05) is 6.92 Å². The van der Waals surface area contributed by atoms with E-state index in [1.807, 2.05) is 0 Å². The van der Waals surface area contributed by atoms with Crippen LogP contribution >= 0.6 is 0 Å². The Morgan fingerprint density at radius 1 is 1.37 bits per heavy atom. The van der Waals surface area contributed by atoms with Gasteiger partial charge in [-0.05, 0) is 25.1 Å². The SMILES string of the molecule is CCCNCCNc1cc(C(N)=O)ccc1[N+](=O)[O-]. The molecule has 104 valence electrons. The topological polar surface area (TPSA) is 110 Å². The van der Waals surface area contributed by atoms with Crippen molar-refractivity contribution >= 4 is 17.3 Å².